The van der Waals surface area contributed by atoms with E-state index in [4.69, 9.17) is 4.42 Å². The first-order valence-corrected chi connectivity index (χ1v) is 8.23. The van der Waals surface area contributed by atoms with Crippen molar-refractivity contribution in [3.63, 3.8) is 0 Å². The molecule has 0 saturated heterocycles. The van der Waals surface area contributed by atoms with Crippen LogP contribution in [0.3, 0.4) is 0 Å². The Bertz CT molecular complexity index is 869. The molecule has 0 bridgehead atoms. The average Bonchev–Trinajstić information content (AvgIpc) is 2.55. The largest absolute Gasteiger partial charge is 0.506 e. The van der Waals surface area contributed by atoms with Gasteiger partial charge in [-0.1, -0.05) is 54.6 Å². The maximum absolute atomic E-state index is 12.2. The Hall–Kier alpha value is -2.46. The van der Waals surface area contributed by atoms with Gasteiger partial charge in [-0.2, -0.15) is 0 Å². The van der Waals surface area contributed by atoms with E-state index in [0.717, 1.165) is 16.7 Å². The van der Waals surface area contributed by atoms with E-state index in [9.17, 15) is 9.90 Å². The number of hydrogen-bond acceptors (Lipinski definition) is 4. The van der Waals surface area contributed by atoms with Gasteiger partial charge in [-0.3, -0.25) is 0 Å². The third-order valence-electron chi connectivity index (χ3n) is 3.53. The molecule has 3 nitrogen and oxygen atoms in total. The highest BCUT2D eigenvalue weighted by molar-refractivity contribution is 7.98. The zero-order valence-electron chi connectivity index (χ0n) is 12.7. The number of aromatic hydroxyl groups is 1. The molecule has 0 spiro atoms. The van der Waals surface area contributed by atoms with Gasteiger partial charge in [0.25, 0.3) is 0 Å². The molecule has 0 aliphatic rings. The van der Waals surface area contributed by atoms with Gasteiger partial charge in [0.2, 0.25) is 0 Å². The van der Waals surface area contributed by atoms with Crippen LogP contribution in [0, 0.1) is 6.92 Å². The van der Waals surface area contributed by atoms with E-state index in [-0.39, 0.29) is 10.6 Å². The van der Waals surface area contributed by atoms with Crippen molar-refractivity contribution >= 4 is 11.8 Å². The number of hydrogen-bond donors (Lipinski definition) is 1. The van der Waals surface area contributed by atoms with Crippen molar-refractivity contribution in [2.24, 2.45) is 0 Å². The molecule has 23 heavy (non-hydrogen) atoms. The van der Waals surface area contributed by atoms with Gasteiger partial charge in [0.1, 0.15) is 16.4 Å². The predicted octanol–water partition coefficient (Wildman–Crippen LogP) is 4.61. The first-order valence-electron chi connectivity index (χ1n) is 7.25. The Balaban J connectivity index is 1.89. The summed E-state index contributed by atoms with van der Waals surface area (Å²) in [6.45, 7) is 1.93. The lowest BCUT2D eigenvalue weighted by Gasteiger charge is -2.07. The van der Waals surface area contributed by atoms with Crippen LogP contribution in [0.15, 0.2) is 74.8 Å². The highest BCUT2D eigenvalue weighted by Crippen LogP contribution is 2.32. The Morgan fingerprint density at radius 1 is 1.04 bits per heavy atom. The summed E-state index contributed by atoms with van der Waals surface area (Å²) < 4.78 is 5.41. The molecule has 1 aromatic heterocycles. The summed E-state index contributed by atoms with van der Waals surface area (Å²) in [7, 11) is 0. The predicted molar refractivity (Wildman–Crippen MR) is 92.8 cm³/mol. The van der Waals surface area contributed by atoms with Crippen LogP contribution in [-0.2, 0) is 5.75 Å². The summed E-state index contributed by atoms with van der Waals surface area (Å²) in [5.74, 6) is 0.943. The highest BCUT2D eigenvalue weighted by atomic mass is 32.2. The van der Waals surface area contributed by atoms with Gasteiger partial charge < -0.3 is 9.52 Å². The van der Waals surface area contributed by atoms with Crippen molar-refractivity contribution in [2.45, 2.75) is 17.6 Å². The van der Waals surface area contributed by atoms with Crippen LogP contribution >= 0.6 is 11.8 Å². The first-order chi connectivity index (χ1) is 11.1. The maximum atomic E-state index is 12.2. The molecule has 0 amide bonds. The summed E-state index contributed by atoms with van der Waals surface area (Å²) >= 11 is 1.28. The second kappa shape index (κ2) is 6.75. The third kappa shape index (κ3) is 3.48. The number of rotatable bonds is 4. The molecule has 0 aliphatic carbocycles. The molecule has 2 aromatic carbocycles. The Labute approximate surface area is 138 Å². The molecule has 1 heterocycles. The van der Waals surface area contributed by atoms with E-state index >= 15 is 0 Å². The SMILES string of the molecule is Cc1ccccc1-c1cc(O)c(SCc2ccccc2)c(=O)o1. The van der Waals surface area contributed by atoms with Crippen LogP contribution in [0.4, 0.5) is 0 Å². The van der Waals surface area contributed by atoms with E-state index in [0.29, 0.717) is 11.5 Å². The van der Waals surface area contributed by atoms with Crippen molar-refractivity contribution in [2.75, 3.05) is 0 Å². The number of aryl methyl sites for hydroxylation is 1. The van der Waals surface area contributed by atoms with Crippen molar-refractivity contribution in [1.29, 1.82) is 0 Å². The Kier molecular flexibility index (Phi) is 4.53. The van der Waals surface area contributed by atoms with Crippen LogP contribution in [-0.4, -0.2) is 5.11 Å². The lowest BCUT2D eigenvalue weighted by atomic mass is 10.1. The molecule has 4 heteroatoms. The van der Waals surface area contributed by atoms with Crippen LogP contribution in [0.25, 0.3) is 11.3 Å². The minimum absolute atomic E-state index is 0.0413. The normalized spacial score (nSPS) is 10.7. The molecule has 0 aliphatic heterocycles. The van der Waals surface area contributed by atoms with E-state index in [1.54, 1.807) is 0 Å². The van der Waals surface area contributed by atoms with Gasteiger partial charge in [-0.15, -0.1) is 11.8 Å². The van der Waals surface area contributed by atoms with Gasteiger partial charge in [-0.05, 0) is 18.1 Å². The summed E-state index contributed by atoms with van der Waals surface area (Å²) in [6, 6.07) is 18.9. The van der Waals surface area contributed by atoms with Gasteiger partial charge in [0.15, 0.2) is 0 Å². The van der Waals surface area contributed by atoms with Crippen LogP contribution in [0.5, 0.6) is 5.75 Å². The molecule has 1 N–H and O–H groups in total. The zero-order valence-corrected chi connectivity index (χ0v) is 13.5. The zero-order chi connectivity index (χ0) is 16.2. The topological polar surface area (TPSA) is 50.4 Å². The fourth-order valence-corrected chi connectivity index (χ4v) is 3.18. The quantitative estimate of drug-likeness (QED) is 0.712. The smallest absolute Gasteiger partial charge is 0.353 e. The Morgan fingerprint density at radius 2 is 1.74 bits per heavy atom. The van der Waals surface area contributed by atoms with E-state index < -0.39 is 5.63 Å². The molecule has 0 radical (unpaired) electrons. The van der Waals surface area contributed by atoms with Crippen molar-refractivity contribution in [1.82, 2.24) is 0 Å². The summed E-state index contributed by atoms with van der Waals surface area (Å²) in [6.07, 6.45) is 0. The molecule has 3 aromatic rings. The maximum Gasteiger partial charge on any atom is 0.353 e. The minimum Gasteiger partial charge on any atom is -0.506 e. The summed E-state index contributed by atoms with van der Waals surface area (Å²) in [5, 5.41) is 10.2. The van der Waals surface area contributed by atoms with Crippen molar-refractivity contribution in [3.8, 4) is 17.1 Å². The monoisotopic (exact) mass is 324 g/mol. The first kappa shape index (κ1) is 15.4. The van der Waals surface area contributed by atoms with Crippen molar-refractivity contribution in [3.05, 3.63) is 82.2 Å². The van der Waals surface area contributed by atoms with Crippen LogP contribution in [0.2, 0.25) is 0 Å². The van der Waals surface area contributed by atoms with Gasteiger partial charge in [0, 0.05) is 17.4 Å². The molecule has 116 valence electrons. The molecule has 3 rings (SSSR count). The number of thioether (sulfide) groups is 1. The molecule has 0 atom stereocenters. The minimum atomic E-state index is -0.510. The lowest BCUT2D eigenvalue weighted by molar-refractivity contribution is 0.430. The molecule has 0 fully saturated rings. The highest BCUT2D eigenvalue weighted by Gasteiger charge is 2.14. The van der Waals surface area contributed by atoms with E-state index in [1.165, 1.54) is 17.8 Å². The van der Waals surface area contributed by atoms with Gasteiger partial charge in [0.05, 0.1) is 0 Å². The second-order valence-electron chi connectivity index (χ2n) is 5.20. The van der Waals surface area contributed by atoms with Crippen LogP contribution < -0.4 is 5.63 Å². The summed E-state index contributed by atoms with van der Waals surface area (Å²) in [5.41, 5.74) is 2.36. The second-order valence-corrected chi connectivity index (χ2v) is 6.19. The molecule has 0 unspecified atom stereocenters. The molecular formula is C19H16O3S. The van der Waals surface area contributed by atoms with Gasteiger partial charge >= 0.3 is 5.63 Å². The standard InChI is InChI=1S/C19H16O3S/c1-13-7-5-6-10-15(13)17-11-16(20)18(19(21)22-17)23-12-14-8-3-2-4-9-14/h2-11,20H,12H2,1H3. The third-order valence-corrected chi connectivity index (χ3v) is 4.67. The summed E-state index contributed by atoms with van der Waals surface area (Å²) in [4.78, 5) is 12.5. The number of benzene rings is 2. The van der Waals surface area contributed by atoms with Gasteiger partial charge in [-0.25, -0.2) is 4.79 Å². The van der Waals surface area contributed by atoms with E-state index in [1.807, 2.05) is 61.5 Å². The Morgan fingerprint density at radius 3 is 2.43 bits per heavy atom. The lowest BCUT2D eigenvalue weighted by Crippen LogP contribution is -2.03. The van der Waals surface area contributed by atoms with Crippen molar-refractivity contribution < 1.29 is 9.52 Å². The fraction of sp³-hybridized carbons (Fsp3) is 0.105. The average molecular weight is 324 g/mol. The molecular weight excluding hydrogens is 308 g/mol. The fourth-order valence-electron chi connectivity index (χ4n) is 2.31. The van der Waals surface area contributed by atoms with Crippen LogP contribution in [0.1, 0.15) is 11.1 Å². The van der Waals surface area contributed by atoms with E-state index in [2.05, 4.69) is 0 Å². The molecule has 0 saturated carbocycles.